The van der Waals surface area contributed by atoms with Crippen LogP contribution in [0.3, 0.4) is 0 Å². The summed E-state index contributed by atoms with van der Waals surface area (Å²) in [6, 6.07) is 5.82. The smallest absolute Gasteiger partial charge is 0.252 e. The van der Waals surface area contributed by atoms with E-state index in [0.717, 1.165) is 36.4 Å². The van der Waals surface area contributed by atoms with Crippen LogP contribution in [0.15, 0.2) is 23.2 Å². The second-order valence-electron chi connectivity index (χ2n) is 5.00. The molecule has 1 saturated carbocycles. The van der Waals surface area contributed by atoms with E-state index in [1.165, 1.54) is 0 Å². The molecule has 1 aromatic rings. The Hall–Kier alpha value is -2.04. The van der Waals surface area contributed by atoms with Crippen LogP contribution in [0.2, 0.25) is 0 Å². The molecule has 92 valence electrons. The summed E-state index contributed by atoms with van der Waals surface area (Å²) in [6.07, 6.45) is 1.86. The topological polar surface area (TPSA) is 53.9 Å². The van der Waals surface area contributed by atoms with Gasteiger partial charge in [-0.1, -0.05) is 0 Å². The van der Waals surface area contributed by atoms with Crippen LogP contribution in [0.4, 0.5) is 5.69 Å². The van der Waals surface area contributed by atoms with Gasteiger partial charge in [-0.3, -0.25) is 10.1 Å². The Balaban J connectivity index is 1.79. The normalized spacial score (nSPS) is 22.2. The van der Waals surface area contributed by atoms with Crippen molar-refractivity contribution >= 4 is 17.6 Å². The van der Waals surface area contributed by atoms with Crippen LogP contribution in [-0.4, -0.2) is 29.4 Å². The number of carbonyl (C=O) groups is 1. The highest BCUT2D eigenvalue weighted by molar-refractivity contribution is 6.11. The molecule has 0 radical (unpaired) electrons. The lowest BCUT2D eigenvalue weighted by atomic mass is 10.1. The quantitative estimate of drug-likeness (QED) is 0.805. The lowest BCUT2D eigenvalue weighted by molar-refractivity contribution is -0.122. The molecule has 0 aromatic heterocycles. The second kappa shape index (κ2) is 3.04. The van der Waals surface area contributed by atoms with Gasteiger partial charge in [0.05, 0.1) is 12.8 Å². The highest BCUT2D eigenvalue weighted by Gasteiger charge is 2.61. The number of nitrogens with one attached hydrogen (secondary N) is 1. The summed E-state index contributed by atoms with van der Waals surface area (Å²) in [5.41, 5.74) is 1.72. The summed E-state index contributed by atoms with van der Waals surface area (Å²) in [4.78, 5) is 18.6. The summed E-state index contributed by atoms with van der Waals surface area (Å²) >= 11 is 0. The number of fused-ring (bicyclic) bond motifs is 3. The van der Waals surface area contributed by atoms with E-state index in [1.807, 2.05) is 18.2 Å². The van der Waals surface area contributed by atoms with Crippen LogP contribution >= 0.6 is 0 Å². The molecule has 0 unspecified atom stereocenters. The van der Waals surface area contributed by atoms with E-state index in [0.29, 0.717) is 5.96 Å². The van der Waals surface area contributed by atoms with E-state index >= 15 is 0 Å². The maximum absolute atomic E-state index is 11.9. The fourth-order valence-corrected chi connectivity index (χ4v) is 2.75. The van der Waals surface area contributed by atoms with Crippen LogP contribution in [0.5, 0.6) is 5.75 Å². The molecule has 18 heavy (non-hydrogen) atoms. The Bertz CT molecular complexity index is 590. The summed E-state index contributed by atoms with van der Waals surface area (Å²) in [7, 11) is 1.66. The number of carbonyl (C=O) groups excluding carboxylic acids is 1. The predicted molar refractivity (Wildman–Crippen MR) is 65.7 cm³/mol. The predicted octanol–water partition coefficient (Wildman–Crippen LogP) is 1.16. The van der Waals surface area contributed by atoms with Crippen molar-refractivity contribution in [1.29, 1.82) is 0 Å². The lowest BCUT2D eigenvalue weighted by Crippen LogP contribution is -2.38. The number of hydrogen-bond donors (Lipinski definition) is 1. The number of methoxy groups -OCH3 is 1. The van der Waals surface area contributed by atoms with E-state index in [1.54, 1.807) is 7.11 Å². The van der Waals surface area contributed by atoms with Crippen LogP contribution in [0.25, 0.3) is 0 Å². The average molecular weight is 243 g/mol. The van der Waals surface area contributed by atoms with Gasteiger partial charge in [-0.2, -0.15) is 0 Å². The van der Waals surface area contributed by atoms with Gasteiger partial charge in [0.1, 0.15) is 11.3 Å². The molecule has 1 aliphatic carbocycles. The molecule has 1 amide bonds. The second-order valence-corrected chi connectivity index (χ2v) is 5.00. The van der Waals surface area contributed by atoms with Crippen LogP contribution < -0.4 is 10.1 Å². The van der Waals surface area contributed by atoms with Crippen LogP contribution in [0.1, 0.15) is 18.4 Å². The molecule has 4 rings (SSSR count). The van der Waals surface area contributed by atoms with Crippen LogP contribution in [0, 0.1) is 0 Å². The third kappa shape index (κ3) is 1.11. The minimum atomic E-state index is -0.306. The molecule has 2 aliphatic heterocycles. The van der Waals surface area contributed by atoms with E-state index in [-0.39, 0.29) is 11.4 Å². The highest BCUT2D eigenvalue weighted by atomic mass is 16.5. The molecule has 5 heteroatoms. The lowest BCUT2D eigenvalue weighted by Gasteiger charge is -2.27. The van der Waals surface area contributed by atoms with Gasteiger partial charge in [0, 0.05) is 12.1 Å². The summed E-state index contributed by atoms with van der Waals surface area (Å²) in [6.45, 7) is 0.726. The molecular weight excluding hydrogens is 230 g/mol. The number of hydrogen-bond acceptors (Lipinski definition) is 4. The van der Waals surface area contributed by atoms with Gasteiger partial charge in [-0.05, 0) is 31.0 Å². The molecule has 3 aliphatic rings. The first-order valence-corrected chi connectivity index (χ1v) is 6.08. The Morgan fingerprint density at radius 3 is 3.00 bits per heavy atom. The average Bonchev–Trinajstić information content (AvgIpc) is 3.14. The van der Waals surface area contributed by atoms with Crippen LogP contribution in [-0.2, 0) is 11.3 Å². The van der Waals surface area contributed by atoms with E-state index in [4.69, 9.17) is 4.74 Å². The van der Waals surface area contributed by atoms with Crippen molar-refractivity contribution < 1.29 is 9.53 Å². The first kappa shape index (κ1) is 9.94. The molecule has 5 nitrogen and oxygen atoms in total. The minimum absolute atomic E-state index is 0.0982. The number of ether oxygens (including phenoxy) is 1. The SMILES string of the molecule is COc1ccc2c(c1)CN1C(=N2)NC(=O)C12CC2. The molecule has 2 heterocycles. The molecule has 1 N–H and O–H groups in total. The zero-order valence-corrected chi connectivity index (χ0v) is 10.1. The maximum atomic E-state index is 11.9. The summed E-state index contributed by atoms with van der Waals surface area (Å²) in [5, 5.41) is 2.88. The fourth-order valence-electron chi connectivity index (χ4n) is 2.75. The Kier molecular flexibility index (Phi) is 1.68. The third-order valence-corrected chi connectivity index (χ3v) is 3.99. The van der Waals surface area contributed by atoms with Gasteiger partial charge >= 0.3 is 0 Å². The van der Waals surface area contributed by atoms with Gasteiger partial charge in [0.25, 0.3) is 5.91 Å². The van der Waals surface area contributed by atoms with Gasteiger partial charge < -0.3 is 9.64 Å². The van der Waals surface area contributed by atoms with Gasteiger partial charge in [-0.15, -0.1) is 0 Å². The molecule has 1 spiro atoms. The first-order valence-electron chi connectivity index (χ1n) is 6.08. The highest BCUT2D eigenvalue weighted by Crippen LogP contribution is 2.48. The van der Waals surface area contributed by atoms with Crippen molar-refractivity contribution in [3.05, 3.63) is 23.8 Å². The van der Waals surface area contributed by atoms with Crippen molar-refractivity contribution in [3.63, 3.8) is 0 Å². The molecule has 1 saturated heterocycles. The van der Waals surface area contributed by atoms with Crippen molar-refractivity contribution in [3.8, 4) is 5.75 Å². The zero-order chi connectivity index (χ0) is 12.3. The molecular formula is C13H13N3O2. The monoisotopic (exact) mass is 243 g/mol. The largest absolute Gasteiger partial charge is 0.497 e. The molecule has 2 fully saturated rings. The minimum Gasteiger partial charge on any atom is -0.497 e. The van der Waals surface area contributed by atoms with Crippen molar-refractivity contribution in [2.45, 2.75) is 24.9 Å². The Morgan fingerprint density at radius 1 is 1.44 bits per heavy atom. The van der Waals surface area contributed by atoms with Crippen molar-refractivity contribution in [2.24, 2.45) is 4.99 Å². The first-order chi connectivity index (χ1) is 8.73. The van der Waals surface area contributed by atoms with Gasteiger partial charge in [0.15, 0.2) is 0 Å². The van der Waals surface area contributed by atoms with Crippen molar-refractivity contribution in [1.82, 2.24) is 10.2 Å². The van der Waals surface area contributed by atoms with Gasteiger partial charge in [-0.25, -0.2) is 4.99 Å². The zero-order valence-electron chi connectivity index (χ0n) is 10.1. The standard InChI is InChI=1S/C13H13N3O2/c1-18-9-2-3-10-8(6-9)7-16-12(14-10)15-11(17)13(16)4-5-13/h2-3,6H,4-5,7H2,1H3,(H,14,15,17). The van der Waals surface area contributed by atoms with E-state index < -0.39 is 0 Å². The van der Waals surface area contributed by atoms with Crippen molar-refractivity contribution in [2.75, 3.05) is 7.11 Å². The fraction of sp³-hybridized carbons (Fsp3) is 0.385. The Labute approximate surface area is 104 Å². The third-order valence-electron chi connectivity index (χ3n) is 3.99. The molecule has 1 aromatic carbocycles. The summed E-state index contributed by atoms with van der Waals surface area (Å²) in [5.74, 6) is 1.63. The summed E-state index contributed by atoms with van der Waals surface area (Å²) < 4.78 is 5.23. The van der Waals surface area contributed by atoms with E-state index in [9.17, 15) is 4.79 Å². The number of nitrogens with zero attached hydrogens (tertiary/aromatic N) is 2. The Morgan fingerprint density at radius 2 is 2.28 bits per heavy atom. The maximum Gasteiger partial charge on any atom is 0.252 e. The molecule has 0 atom stereocenters. The number of rotatable bonds is 1. The number of aliphatic imine (C=N–C) groups is 1. The number of benzene rings is 1. The van der Waals surface area contributed by atoms with Gasteiger partial charge in [0.2, 0.25) is 5.96 Å². The number of amides is 1. The number of guanidine groups is 1. The van der Waals surface area contributed by atoms with E-state index in [2.05, 4.69) is 15.2 Å². The molecule has 0 bridgehead atoms.